The van der Waals surface area contributed by atoms with Crippen LogP contribution in [-0.2, 0) is 11.3 Å². The van der Waals surface area contributed by atoms with E-state index in [0.29, 0.717) is 30.6 Å². The lowest BCUT2D eigenvalue weighted by Gasteiger charge is -2.33. The molecule has 1 fully saturated rings. The molecule has 0 unspecified atom stereocenters. The van der Waals surface area contributed by atoms with Crippen LogP contribution in [0.3, 0.4) is 0 Å². The zero-order valence-corrected chi connectivity index (χ0v) is 14.6. The van der Waals surface area contributed by atoms with Crippen molar-refractivity contribution < 1.29 is 9.90 Å². The highest BCUT2D eigenvalue weighted by molar-refractivity contribution is 6.31. The SMILES string of the molecule is CN1CCCC[C@@H]1CCC(=O)N(CCO)Cc1ccccc1Cl. The standard InChI is InChI=1S/C18H27ClN2O2/c1-20-11-5-4-7-16(20)9-10-18(23)21(12-13-22)14-15-6-2-3-8-17(15)19/h2-3,6,8,16,22H,4-5,7,9-14H2,1H3/t16-/m1/s1. The highest BCUT2D eigenvalue weighted by Gasteiger charge is 2.21. The van der Waals surface area contributed by atoms with E-state index in [9.17, 15) is 9.90 Å². The second kappa shape index (κ2) is 9.26. The zero-order chi connectivity index (χ0) is 16.7. The summed E-state index contributed by atoms with van der Waals surface area (Å²) in [5.41, 5.74) is 0.922. The van der Waals surface area contributed by atoms with Crippen molar-refractivity contribution >= 4 is 17.5 Å². The lowest BCUT2D eigenvalue weighted by atomic mass is 9.98. The van der Waals surface area contributed by atoms with Crippen LogP contribution in [0.5, 0.6) is 0 Å². The predicted molar refractivity (Wildman–Crippen MR) is 93.5 cm³/mol. The van der Waals surface area contributed by atoms with Crippen LogP contribution in [0.15, 0.2) is 24.3 Å². The molecule has 0 aliphatic carbocycles. The second-order valence-electron chi connectivity index (χ2n) is 6.30. The van der Waals surface area contributed by atoms with Gasteiger partial charge in [-0.05, 0) is 44.5 Å². The summed E-state index contributed by atoms with van der Waals surface area (Å²) in [6, 6.07) is 8.05. The molecule has 1 amide bonds. The third-order valence-electron chi connectivity index (χ3n) is 4.65. The molecule has 0 spiro atoms. The monoisotopic (exact) mass is 338 g/mol. The molecule has 1 saturated heterocycles. The molecule has 0 radical (unpaired) electrons. The van der Waals surface area contributed by atoms with Gasteiger partial charge in [-0.15, -0.1) is 0 Å². The van der Waals surface area contributed by atoms with Crippen LogP contribution in [0.25, 0.3) is 0 Å². The third-order valence-corrected chi connectivity index (χ3v) is 5.02. The minimum atomic E-state index is -0.0283. The Labute approximate surface area is 144 Å². The van der Waals surface area contributed by atoms with Crippen molar-refractivity contribution in [2.45, 2.75) is 44.7 Å². The molecule has 0 saturated carbocycles. The van der Waals surface area contributed by atoms with Crippen LogP contribution in [0.2, 0.25) is 5.02 Å². The molecular weight excluding hydrogens is 312 g/mol. The fourth-order valence-corrected chi connectivity index (χ4v) is 3.40. The number of amides is 1. The summed E-state index contributed by atoms with van der Waals surface area (Å²) in [5.74, 6) is 0.0953. The van der Waals surface area contributed by atoms with E-state index in [1.165, 1.54) is 19.3 Å². The maximum atomic E-state index is 12.6. The van der Waals surface area contributed by atoms with Crippen molar-refractivity contribution in [2.75, 3.05) is 26.7 Å². The molecule has 4 nitrogen and oxygen atoms in total. The number of likely N-dealkylation sites (tertiary alicyclic amines) is 1. The number of hydrogen-bond donors (Lipinski definition) is 1. The summed E-state index contributed by atoms with van der Waals surface area (Å²) in [4.78, 5) is 16.6. The highest BCUT2D eigenvalue weighted by atomic mass is 35.5. The van der Waals surface area contributed by atoms with Crippen molar-refractivity contribution in [3.63, 3.8) is 0 Å². The van der Waals surface area contributed by atoms with Gasteiger partial charge in [0.15, 0.2) is 0 Å². The van der Waals surface area contributed by atoms with Crippen LogP contribution in [0, 0.1) is 0 Å². The fraction of sp³-hybridized carbons (Fsp3) is 0.611. The first kappa shape index (κ1) is 18.2. The minimum Gasteiger partial charge on any atom is -0.395 e. The Balaban J connectivity index is 1.91. The summed E-state index contributed by atoms with van der Waals surface area (Å²) < 4.78 is 0. The molecule has 1 aliphatic rings. The molecule has 1 atom stereocenters. The van der Waals surface area contributed by atoms with Gasteiger partial charge in [0.1, 0.15) is 0 Å². The van der Waals surface area contributed by atoms with Gasteiger partial charge >= 0.3 is 0 Å². The summed E-state index contributed by atoms with van der Waals surface area (Å²) in [6.07, 6.45) is 5.10. The first-order valence-corrected chi connectivity index (χ1v) is 8.82. The van der Waals surface area contributed by atoms with Crippen molar-refractivity contribution in [2.24, 2.45) is 0 Å². The summed E-state index contributed by atoms with van der Waals surface area (Å²) in [5, 5.41) is 9.92. The Morgan fingerprint density at radius 2 is 2.17 bits per heavy atom. The zero-order valence-electron chi connectivity index (χ0n) is 13.9. The number of aliphatic hydroxyl groups is 1. The van der Waals surface area contributed by atoms with Crippen molar-refractivity contribution in [1.82, 2.24) is 9.80 Å². The van der Waals surface area contributed by atoms with E-state index in [0.717, 1.165) is 18.5 Å². The third kappa shape index (κ3) is 5.48. The molecule has 2 rings (SSSR count). The lowest BCUT2D eigenvalue weighted by molar-refractivity contribution is -0.132. The summed E-state index contributed by atoms with van der Waals surface area (Å²) in [7, 11) is 2.14. The second-order valence-corrected chi connectivity index (χ2v) is 6.71. The number of hydrogen-bond acceptors (Lipinski definition) is 3. The van der Waals surface area contributed by atoms with Crippen LogP contribution >= 0.6 is 11.6 Å². The van der Waals surface area contributed by atoms with Gasteiger partial charge in [0, 0.05) is 30.6 Å². The van der Waals surface area contributed by atoms with Gasteiger partial charge in [-0.3, -0.25) is 4.79 Å². The van der Waals surface area contributed by atoms with E-state index < -0.39 is 0 Å². The lowest BCUT2D eigenvalue weighted by Crippen LogP contribution is -2.38. The van der Waals surface area contributed by atoms with Crippen molar-refractivity contribution in [3.8, 4) is 0 Å². The molecule has 1 aromatic rings. The number of carbonyl (C=O) groups excluding carboxylic acids is 1. The van der Waals surface area contributed by atoms with Gasteiger partial charge in [-0.2, -0.15) is 0 Å². The van der Waals surface area contributed by atoms with Crippen molar-refractivity contribution in [1.29, 1.82) is 0 Å². The van der Waals surface area contributed by atoms with E-state index in [1.54, 1.807) is 4.90 Å². The average Bonchev–Trinajstić information content (AvgIpc) is 2.55. The quantitative estimate of drug-likeness (QED) is 0.831. The molecule has 1 heterocycles. The molecule has 5 heteroatoms. The van der Waals surface area contributed by atoms with Crippen LogP contribution in [0.1, 0.15) is 37.7 Å². The van der Waals surface area contributed by atoms with E-state index in [4.69, 9.17) is 11.6 Å². The topological polar surface area (TPSA) is 43.8 Å². The number of halogens is 1. The maximum Gasteiger partial charge on any atom is 0.223 e. The Morgan fingerprint density at radius 3 is 2.87 bits per heavy atom. The Kier molecular flexibility index (Phi) is 7.34. The number of benzene rings is 1. The van der Waals surface area contributed by atoms with Crippen LogP contribution in [-0.4, -0.2) is 53.6 Å². The Morgan fingerprint density at radius 1 is 1.39 bits per heavy atom. The first-order chi connectivity index (χ1) is 11.1. The molecule has 1 N–H and O–H groups in total. The summed E-state index contributed by atoms with van der Waals surface area (Å²) in [6.45, 7) is 1.91. The first-order valence-electron chi connectivity index (χ1n) is 8.44. The Hall–Kier alpha value is -1.10. The highest BCUT2D eigenvalue weighted by Crippen LogP contribution is 2.21. The number of piperidine rings is 1. The van der Waals surface area contributed by atoms with Crippen LogP contribution in [0.4, 0.5) is 0 Å². The van der Waals surface area contributed by atoms with E-state index >= 15 is 0 Å². The molecule has 1 aliphatic heterocycles. The van der Waals surface area contributed by atoms with E-state index in [2.05, 4.69) is 11.9 Å². The van der Waals surface area contributed by atoms with Crippen molar-refractivity contribution in [3.05, 3.63) is 34.9 Å². The smallest absolute Gasteiger partial charge is 0.223 e. The van der Waals surface area contributed by atoms with Gasteiger partial charge in [0.05, 0.1) is 6.61 Å². The molecular formula is C18H27ClN2O2. The maximum absolute atomic E-state index is 12.6. The van der Waals surface area contributed by atoms with Crippen LogP contribution < -0.4 is 0 Å². The molecule has 0 aromatic heterocycles. The largest absolute Gasteiger partial charge is 0.395 e. The molecule has 1 aromatic carbocycles. The normalized spacial score (nSPS) is 18.8. The Bertz CT molecular complexity index is 510. The van der Waals surface area contributed by atoms with Gasteiger partial charge in [0.25, 0.3) is 0 Å². The number of aliphatic hydroxyl groups excluding tert-OH is 1. The van der Waals surface area contributed by atoms with E-state index in [1.807, 2.05) is 24.3 Å². The fourth-order valence-electron chi connectivity index (χ4n) is 3.20. The minimum absolute atomic E-state index is 0.0283. The average molecular weight is 339 g/mol. The number of rotatable bonds is 7. The predicted octanol–water partition coefficient (Wildman–Crippen LogP) is 2.93. The summed E-state index contributed by atoms with van der Waals surface area (Å²) >= 11 is 6.18. The van der Waals surface area contributed by atoms with Gasteiger partial charge in [0.2, 0.25) is 5.91 Å². The molecule has 0 bridgehead atoms. The van der Waals surface area contributed by atoms with Gasteiger partial charge < -0.3 is 14.9 Å². The number of carbonyl (C=O) groups is 1. The van der Waals surface area contributed by atoms with Gasteiger partial charge in [-0.1, -0.05) is 36.2 Å². The van der Waals surface area contributed by atoms with Gasteiger partial charge in [-0.25, -0.2) is 0 Å². The molecule has 23 heavy (non-hydrogen) atoms. The van der Waals surface area contributed by atoms with E-state index in [-0.39, 0.29) is 12.5 Å². The number of nitrogens with zero attached hydrogens (tertiary/aromatic N) is 2. The molecule has 128 valence electrons.